The Kier molecular flexibility index (Phi) is 7.37. The second-order valence-electron chi connectivity index (χ2n) is 7.02. The Balaban J connectivity index is 1.92. The van der Waals surface area contributed by atoms with Gasteiger partial charge in [0, 0.05) is 6.54 Å². The number of nitrogens with one attached hydrogen (secondary N) is 1. The number of H-pyrrole nitrogens is 1. The zero-order chi connectivity index (χ0) is 23.1. The molecule has 0 unspecified atom stereocenters. The van der Waals surface area contributed by atoms with E-state index in [1.54, 1.807) is 43.5 Å². The number of rotatable bonds is 10. The zero-order valence-electron chi connectivity index (χ0n) is 18.0. The number of methoxy groups -OCH3 is 1. The molecule has 2 heterocycles. The van der Waals surface area contributed by atoms with Crippen molar-refractivity contribution < 1.29 is 18.7 Å². The summed E-state index contributed by atoms with van der Waals surface area (Å²) in [6, 6.07) is 10.1. The second kappa shape index (κ2) is 10.4. The van der Waals surface area contributed by atoms with E-state index in [0.29, 0.717) is 30.2 Å². The molecule has 0 aliphatic heterocycles. The predicted molar refractivity (Wildman–Crippen MR) is 119 cm³/mol. The molecule has 0 saturated heterocycles. The lowest BCUT2D eigenvalue weighted by Crippen LogP contribution is -2.42. The molecule has 1 amide bonds. The van der Waals surface area contributed by atoms with Crippen LogP contribution in [-0.2, 0) is 17.9 Å². The summed E-state index contributed by atoms with van der Waals surface area (Å²) in [5, 5.41) is 0. The number of ether oxygens (including phenoxy) is 2. The second-order valence-corrected chi connectivity index (χ2v) is 7.02. The van der Waals surface area contributed by atoms with Crippen molar-refractivity contribution >= 4 is 17.4 Å². The van der Waals surface area contributed by atoms with Crippen molar-refractivity contribution in [3.63, 3.8) is 0 Å². The van der Waals surface area contributed by atoms with Crippen LogP contribution in [0.25, 0.3) is 0 Å². The topological polar surface area (TPSA) is 133 Å². The molecule has 3 aromatic rings. The third-order valence-electron chi connectivity index (χ3n) is 4.84. The fourth-order valence-corrected chi connectivity index (χ4v) is 3.12. The number of carbonyl (C=O) groups excluding carboxylic acids is 1. The first-order chi connectivity index (χ1) is 15.4. The third kappa shape index (κ3) is 5.20. The smallest absolute Gasteiger partial charge is 0.330 e. The van der Waals surface area contributed by atoms with Crippen LogP contribution in [-0.4, -0.2) is 29.2 Å². The maximum absolute atomic E-state index is 13.1. The molecule has 10 nitrogen and oxygen atoms in total. The first kappa shape index (κ1) is 22.7. The van der Waals surface area contributed by atoms with E-state index < -0.39 is 17.2 Å². The van der Waals surface area contributed by atoms with E-state index >= 15 is 0 Å². The Morgan fingerprint density at radius 3 is 2.53 bits per heavy atom. The van der Waals surface area contributed by atoms with Gasteiger partial charge in [0.1, 0.15) is 23.1 Å². The highest BCUT2D eigenvalue weighted by atomic mass is 16.5. The first-order valence-electron chi connectivity index (χ1n) is 10.2. The van der Waals surface area contributed by atoms with Crippen LogP contribution in [0.4, 0.5) is 11.5 Å². The summed E-state index contributed by atoms with van der Waals surface area (Å²) in [4.78, 5) is 41.5. The Hall–Kier alpha value is -3.95. The lowest BCUT2D eigenvalue weighted by atomic mass is 10.3. The number of amides is 1. The van der Waals surface area contributed by atoms with Crippen molar-refractivity contribution in [1.82, 2.24) is 9.55 Å². The summed E-state index contributed by atoms with van der Waals surface area (Å²) in [6.45, 7) is 1.87. The summed E-state index contributed by atoms with van der Waals surface area (Å²) in [5.41, 5.74) is 4.69. The highest BCUT2D eigenvalue weighted by molar-refractivity contribution is 5.96. The van der Waals surface area contributed by atoms with Crippen molar-refractivity contribution in [2.45, 2.75) is 32.9 Å². The number of aromatic amines is 1. The number of nitrogens with zero attached hydrogens (tertiary/aromatic N) is 2. The van der Waals surface area contributed by atoms with Crippen LogP contribution < -0.4 is 31.4 Å². The maximum atomic E-state index is 13.1. The van der Waals surface area contributed by atoms with E-state index in [0.717, 1.165) is 6.42 Å². The number of furan rings is 1. The van der Waals surface area contributed by atoms with Gasteiger partial charge in [-0.05, 0) is 42.8 Å². The van der Waals surface area contributed by atoms with Gasteiger partial charge in [-0.3, -0.25) is 24.0 Å². The highest BCUT2D eigenvalue weighted by Crippen LogP contribution is 2.21. The van der Waals surface area contributed by atoms with Gasteiger partial charge in [-0.25, -0.2) is 4.79 Å². The van der Waals surface area contributed by atoms with E-state index in [1.807, 2.05) is 6.92 Å². The average molecular weight is 442 g/mol. The number of hydrogen-bond donors (Lipinski definition) is 2. The number of nitrogens with two attached hydrogens (primary N) is 1. The normalized spacial score (nSPS) is 10.7. The molecular weight excluding hydrogens is 416 g/mol. The van der Waals surface area contributed by atoms with E-state index in [-0.39, 0.29) is 24.7 Å². The number of anilines is 2. The standard InChI is InChI=1S/C22H26N4O6/c1-3-4-11-25-20(23)19(21(28)24-22(25)29)26(13-17-6-5-12-31-17)18(27)14-32-16-9-7-15(30-2)8-10-16/h5-10,12H,3-4,11,13-14,23H2,1-2H3,(H,24,28,29). The molecule has 10 heteroatoms. The summed E-state index contributed by atoms with van der Waals surface area (Å²) in [6.07, 6.45) is 2.97. The molecule has 0 radical (unpaired) electrons. The van der Waals surface area contributed by atoms with Gasteiger partial charge >= 0.3 is 5.69 Å². The monoisotopic (exact) mass is 442 g/mol. The number of aromatic nitrogens is 2. The summed E-state index contributed by atoms with van der Waals surface area (Å²) >= 11 is 0. The number of unbranched alkanes of at least 4 members (excludes halogenated alkanes) is 1. The molecule has 0 bridgehead atoms. The van der Waals surface area contributed by atoms with Gasteiger partial charge in [0.2, 0.25) is 0 Å². The first-order valence-corrected chi connectivity index (χ1v) is 10.2. The molecule has 32 heavy (non-hydrogen) atoms. The van der Waals surface area contributed by atoms with Gasteiger partial charge in [0.15, 0.2) is 12.3 Å². The van der Waals surface area contributed by atoms with Crippen LogP contribution in [0.2, 0.25) is 0 Å². The molecule has 3 N–H and O–H groups in total. The van der Waals surface area contributed by atoms with Crippen molar-refractivity contribution in [1.29, 1.82) is 0 Å². The molecule has 0 saturated carbocycles. The molecule has 170 valence electrons. The van der Waals surface area contributed by atoms with Crippen LogP contribution in [0.3, 0.4) is 0 Å². The van der Waals surface area contributed by atoms with Crippen LogP contribution in [0.1, 0.15) is 25.5 Å². The lowest BCUT2D eigenvalue weighted by molar-refractivity contribution is -0.120. The lowest BCUT2D eigenvalue weighted by Gasteiger charge is -2.24. The summed E-state index contributed by atoms with van der Waals surface area (Å²) in [5.74, 6) is 0.920. The van der Waals surface area contributed by atoms with Crippen molar-refractivity contribution in [2.24, 2.45) is 0 Å². The van der Waals surface area contributed by atoms with Gasteiger partial charge in [-0.2, -0.15) is 0 Å². The van der Waals surface area contributed by atoms with Crippen LogP contribution in [0, 0.1) is 0 Å². The van der Waals surface area contributed by atoms with E-state index in [2.05, 4.69) is 4.98 Å². The number of nitrogen functional groups attached to an aromatic ring is 1. The van der Waals surface area contributed by atoms with Crippen molar-refractivity contribution in [3.05, 3.63) is 69.3 Å². The molecular formula is C22H26N4O6. The Labute approximate surface area is 184 Å². The van der Waals surface area contributed by atoms with Gasteiger partial charge in [0.25, 0.3) is 11.5 Å². The minimum Gasteiger partial charge on any atom is -0.497 e. The predicted octanol–water partition coefficient (Wildman–Crippen LogP) is 2.13. The number of carbonyl (C=O) groups is 1. The molecule has 0 aliphatic rings. The largest absolute Gasteiger partial charge is 0.497 e. The zero-order valence-corrected chi connectivity index (χ0v) is 18.0. The summed E-state index contributed by atoms with van der Waals surface area (Å²) < 4.78 is 17.3. The molecule has 3 rings (SSSR count). The molecule has 0 aliphatic carbocycles. The van der Waals surface area contributed by atoms with Gasteiger partial charge < -0.3 is 19.6 Å². The Morgan fingerprint density at radius 1 is 1.19 bits per heavy atom. The molecule has 0 spiro atoms. The van der Waals surface area contributed by atoms with Gasteiger partial charge in [-0.1, -0.05) is 13.3 Å². The Morgan fingerprint density at radius 2 is 1.91 bits per heavy atom. The van der Waals surface area contributed by atoms with Crippen molar-refractivity contribution in [3.8, 4) is 11.5 Å². The number of hydrogen-bond acceptors (Lipinski definition) is 7. The van der Waals surface area contributed by atoms with Crippen LogP contribution in [0.15, 0.2) is 56.7 Å². The molecule has 0 fully saturated rings. The molecule has 1 aromatic carbocycles. The average Bonchev–Trinajstić information content (AvgIpc) is 3.30. The van der Waals surface area contributed by atoms with E-state index in [4.69, 9.17) is 19.6 Å². The fraction of sp³-hybridized carbons (Fsp3) is 0.318. The minimum absolute atomic E-state index is 0.0585. The molecule has 2 aromatic heterocycles. The Bertz CT molecular complexity index is 1150. The van der Waals surface area contributed by atoms with E-state index in [9.17, 15) is 14.4 Å². The third-order valence-corrected chi connectivity index (χ3v) is 4.84. The van der Waals surface area contributed by atoms with Crippen LogP contribution in [0.5, 0.6) is 11.5 Å². The molecule has 0 atom stereocenters. The fourth-order valence-electron chi connectivity index (χ4n) is 3.12. The SMILES string of the molecule is CCCCn1c(N)c(N(Cc2ccco2)C(=O)COc2ccc(OC)cc2)c(=O)[nH]c1=O. The number of benzene rings is 1. The van der Waals surface area contributed by atoms with Crippen molar-refractivity contribution in [2.75, 3.05) is 24.4 Å². The van der Waals surface area contributed by atoms with Gasteiger partial charge in [0.05, 0.1) is 19.9 Å². The highest BCUT2D eigenvalue weighted by Gasteiger charge is 2.25. The van der Waals surface area contributed by atoms with Gasteiger partial charge in [-0.15, -0.1) is 0 Å². The van der Waals surface area contributed by atoms with Crippen LogP contribution >= 0.6 is 0 Å². The minimum atomic E-state index is -0.760. The van der Waals surface area contributed by atoms with E-state index in [1.165, 1.54) is 15.7 Å². The quantitative estimate of drug-likeness (QED) is 0.491. The summed E-state index contributed by atoms with van der Waals surface area (Å²) in [7, 11) is 1.55. The maximum Gasteiger partial charge on any atom is 0.330 e.